The summed E-state index contributed by atoms with van der Waals surface area (Å²) in [4.78, 5) is 22.8. The number of carbonyl (C=O) groups excluding carboxylic acids is 1. The Labute approximate surface area is 154 Å². The molecule has 3 atom stereocenters. The van der Waals surface area contributed by atoms with Gasteiger partial charge in [0.1, 0.15) is 6.04 Å². The molecule has 146 valence electrons. The number of rotatable bonds is 14. The van der Waals surface area contributed by atoms with Gasteiger partial charge in [0.05, 0.1) is 0 Å². The third kappa shape index (κ3) is 8.48. The smallest absolute Gasteiger partial charge is 0.219 e. The number of carbonyl (C=O) groups is 1. The number of amides is 1. The topological polar surface area (TPSA) is 111 Å². The summed E-state index contributed by atoms with van der Waals surface area (Å²) in [6, 6.07) is 0.0116. The number of thioether (sulfide) groups is 1. The van der Waals surface area contributed by atoms with Crippen molar-refractivity contribution in [3.8, 4) is 0 Å². The Kier molecular flexibility index (Phi) is 12.1. The van der Waals surface area contributed by atoms with Crippen molar-refractivity contribution in [2.45, 2.75) is 62.3 Å². The molecule has 1 aliphatic rings. The fourth-order valence-corrected chi connectivity index (χ4v) is 4.67. The highest BCUT2D eigenvalue weighted by atomic mass is 32.2. The molecule has 0 saturated carbocycles. The average Bonchev–Trinajstić information content (AvgIpc) is 3.03. The summed E-state index contributed by atoms with van der Waals surface area (Å²) in [6.45, 7) is 0.664. The monoisotopic (exact) mass is 375 g/mol. The van der Waals surface area contributed by atoms with Crippen LogP contribution in [0.3, 0.4) is 0 Å². The molecular formula is C17H33N3O4S. The highest BCUT2D eigenvalue weighted by molar-refractivity contribution is 8.00. The summed E-state index contributed by atoms with van der Waals surface area (Å²) in [7, 11) is 1.86. The lowest BCUT2D eigenvalue weighted by atomic mass is 10.0. The molecule has 0 radical (unpaired) electrons. The van der Waals surface area contributed by atoms with E-state index in [-0.39, 0.29) is 42.4 Å². The highest BCUT2D eigenvalue weighted by Crippen LogP contribution is 2.33. The van der Waals surface area contributed by atoms with Gasteiger partial charge in [0.15, 0.2) is 0 Å². The molecule has 1 aliphatic heterocycles. The van der Waals surface area contributed by atoms with Crippen molar-refractivity contribution in [3.05, 3.63) is 4.91 Å². The van der Waals surface area contributed by atoms with E-state index in [1.807, 2.05) is 7.05 Å². The molecule has 0 aromatic heterocycles. The quantitative estimate of drug-likeness (QED) is 0.269. The lowest BCUT2D eigenvalue weighted by molar-refractivity contribution is -0.121. The maximum atomic E-state index is 11.8. The first kappa shape index (κ1) is 22.3. The van der Waals surface area contributed by atoms with Gasteiger partial charge in [-0.15, -0.1) is 0 Å². The van der Waals surface area contributed by atoms with Gasteiger partial charge in [0.25, 0.3) is 0 Å². The third-order valence-electron chi connectivity index (χ3n) is 4.80. The lowest BCUT2D eigenvalue weighted by Gasteiger charge is -2.16. The van der Waals surface area contributed by atoms with Crippen LogP contribution in [0.5, 0.6) is 0 Å². The minimum Gasteiger partial charge on any atom is -0.396 e. The maximum Gasteiger partial charge on any atom is 0.219 e. The second-order valence-corrected chi connectivity index (χ2v) is 7.96. The van der Waals surface area contributed by atoms with Gasteiger partial charge >= 0.3 is 0 Å². The number of nitrogens with zero attached hydrogens (tertiary/aromatic N) is 1. The van der Waals surface area contributed by atoms with Gasteiger partial charge in [-0.25, -0.2) is 0 Å². The van der Waals surface area contributed by atoms with Crippen LogP contribution in [0.15, 0.2) is 5.18 Å². The third-order valence-corrected chi connectivity index (χ3v) is 6.29. The van der Waals surface area contributed by atoms with Crippen LogP contribution in [0, 0.1) is 10.8 Å². The molecule has 0 aliphatic carbocycles. The van der Waals surface area contributed by atoms with Gasteiger partial charge in [0, 0.05) is 49.1 Å². The van der Waals surface area contributed by atoms with E-state index < -0.39 is 0 Å². The molecule has 1 saturated heterocycles. The number of likely N-dealkylation sites (N-methyl/N-ethyl adjacent to an activating group) is 1. The van der Waals surface area contributed by atoms with E-state index in [2.05, 4.69) is 15.8 Å². The molecule has 1 rings (SSSR count). The average molecular weight is 376 g/mol. The SMILES string of the molecule is CNC1CSC(CCCCC(=O)NCCCCC(CO)CO)C1N=O. The van der Waals surface area contributed by atoms with E-state index in [9.17, 15) is 9.70 Å². The van der Waals surface area contributed by atoms with E-state index in [0.29, 0.717) is 13.0 Å². The Morgan fingerprint density at radius 2 is 2.00 bits per heavy atom. The maximum absolute atomic E-state index is 11.8. The van der Waals surface area contributed by atoms with Gasteiger partial charge in [0.2, 0.25) is 5.91 Å². The fraction of sp³-hybridized carbons (Fsp3) is 0.941. The minimum absolute atomic E-state index is 0.0116. The molecule has 1 heterocycles. The van der Waals surface area contributed by atoms with Crippen molar-refractivity contribution < 1.29 is 15.0 Å². The molecule has 0 aromatic carbocycles. The number of aliphatic hydroxyl groups excluding tert-OH is 2. The van der Waals surface area contributed by atoms with Crippen LogP contribution < -0.4 is 10.6 Å². The normalized spacial score (nSPS) is 23.1. The first-order chi connectivity index (χ1) is 12.2. The summed E-state index contributed by atoms with van der Waals surface area (Å²) < 4.78 is 0. The van der Waals surface area contributed by atoms with E-state index >= 15 is 0 Å². The van der Waals surface area contributed by atoms with Crippen molar-refractivity contribution in [2.75, 3.05) is 32.6 Å². The van der Waals surface area contributed by atoms with Crippen LogP contribution in [0.1, 0.15) is 44.9 Å². The Morgan fingerprint density at radius 1 is 1.24 bits per heavy atom. The molecule has 25 heavy (non-hydrogen) atoms. The van der Waals surface area contributed by atoms with Crippen molar-refractivity contribution in [2.24, 2.45) is 11.1 Å². The molecular weight excluding hydrogens is 342 g/mol. The molecule has 1 fully saturated rings. The largest absolute Gasteiger partial charge is 0.396 e. The Bertz CT molecular complexity index is 383. The van der Waals surface area contributed by atoms with Crippen molar-refractivity contribution in [1.29, 1.82) is 0 Å². The standard InChI is InChI=1S/C17H33N3O4S/c1-18-14-12-25-15(17(14)20-24)7-2-3-8-16(23)19-9-5-4-6-13(10-21)11-22/h13-15,17-18,21-22H,2-12H2,1H3,(H,19,23). The minimum atomic E-state index is -0.162. The van der Waals surface area contributed by atoms with E-state index in [1.165, 1.54) is 0 Å². The van der Waals surface area contributed by atoms with E-state index in [1.54, 1.807) is 11.8 Å². The Balaban J connectivity index is 2.03. The Morgan fingerprint density at radius 3 is 2.64 bits per heavy atom. The van der Waals surface area contributed by atoms with Crippen LogP contribution in [-0.2, 0) is 4.79 Å². The highest BCUT2D eigenvalue weighted by Gasteiger charge is 2.36. The summed E-state index contributed by atoms with van der Waals surface area (Å²) >= 11 is 1.80. The predicted molar refractivity (Wildman–Crippen MR) is 102 cm³/mol. The van der Waals surface area contributed by atoms with Gasteiger partial charge in [-0.3, -0.25) is 4.79 Å². The molecule has 1 amide bonds. The number of nitroso groups, excluding NO2 is 1. The van der Waals surface area contributed by atoms with E-state index in [4.69, 9.17) is 10.2 Å². The van der Waals surface area contributed by atoms with Crippen molar-refractivity contribution in [1.82, 2.24) is 10.6 Å². The van der Waals surface area contributed by atoms with E-state index in [0.717, 1.165) is 44.3 Å². The molecule has 3 unspecified atom stereocenters. The van der Waals surface area contributed by atoms with Crippen molar-refractivity contribution in [3.63, 3.8) is 0 Å². The number of nitrogens with one attached hydrogen (secondary N) is 2. The summed E-state index contributed by atoms with van der Waals surface area (Å²) in [6.07, 6.45) is 5.73. The number of aliphatic hydroxyl groups is 2. The van der Waals surface area contributed by atoms with Gasteiger partial charge < -0.3 is 20.8 Å². The van der Waals surface area contributed by atoms with Crippen molar-refractivity contribution >= 4 is 17.7 Å². The Hall–Kier alpha value is -0.700. The first-order valence-electron chi connectivity index (χ1n) is 9.26. The van der Waals surface area contributed by atoms with Gasteiger partial charge in [-0.1, -0.05) is 18.0 Å². The van der Waals surface area contributed by atoms with Gasteiger partial charge in [-0.05, 0) is 32.7 Å². The summed E-state index contributed by atoms with van der Waals surface area (Å²) in [5, 5.41) is 27.5. The van der Waals surface area contributed by atoms with Gasteiger partial charge in [-0.2, -0.15) is 16.7 Å². The van der Waals surface area contributed by atoms with Crippen LogP contribution in [0.2, 0.25) is 0 Å². The zero-order valence-corrected chi connectivity index (χ0v) is 16.0. The van der Waals surface area contributed by atoms with Crippen LogP contribution in [-0.4, -0.2) is 66.0 Å². The first-order valence-corrected chi connectivity index (χ1v) is 10.3. The molecule has 7 nitrogen and oxygen atoms in total. The molecule has 0 aromatic rings. The zero-order chi connectivity index (χ0) is 18.5. The fourth-order valence-electron chi connectivity index (χ4n) is 3.08. The molecule has 0 bridgehead atoms. The second kappa shape index (κ2) is 13.5. The van der Waals surface area contributed by atoms with Crippen LogP contribution >= 0.6 is 11.8 Å². The second-order valence-electron chi connectivity index (χ2n) is 6.69. The predicted octanol–water partition coefficient (Wildman–Crippen LogP) is 1.27. The summed E-state index contributed by atoms with van der Waals surface area (Å²) in [5.74, 6) is 0.945. The lowest BCUT2D eigenvalue weighted by Crippen LogP contribution is -2.37. The molecule has 0 spiro atoms. The number of hydrogen-bond donors (Lipinski definition) is 4. The zero-order valence-electron chi connectivity index (χ0n) is 15.2. The number of hydrogen-bond acceptors (Lipinski definition) is 7. The van der Waals surface area contributed by atoms with Crippen LogP contribution in [0.25, 0.3) is 0 Å². The number of unbranched alkanes of at least 4 members (excludes halogenated alkanes) is 2. The molecule has 8 heteroatoms. The summed E-state index contributed by atoms with van der Waals surface area (Å²) in [5.41, 5.74) is 0. The van der Waals surface area contributed by atoms with Crippen LogP contribution in [0.4, 0.5) is 0 Å². The molecule has 4 N–H and O–H groups in total.